The Morgan fingerprint density at radius 3 is 2.33 bits per heavy atom. The van der Waals surface area contributed by atoms with Gasteiger partial charge in [-0.05, 0) is 49.9 Å². The van der Waals surface area contributed by atoms with E-state index in [0.717, 1.165) is 31.5 Å². The summed E-state index contributed by atoms with van der Waals surface area (Å²) in [5.74, 6) is 2.76. The van der Waals surface area contributed by atoms with Crippen molar-refractivity contribution in [2.24, 2.45) is 16.8 Å². The lowest BCUT2D eigenvalue weighted by Crippen LogP contribution is -2.56. The van der Waals surface area contributed by atoms with E-state index in [1.807, 2.05) is 11.9 Å². The molecule has 170 valence electrons. The van der Waals surface area contributed by atoms with Crippen molar-refractivity contribution in [2.75, 3.05) is 52.9 Å². The number of aliphatic imine (C=N–C) groups is 1. The molecule has 0 saturated carbocycles. The Kier molecular flexibility index (Phi) is 9.93. The number of piperazine rings is 1. The number of rotatable bonds is 5. The molecule has 1 amide bonds. The Morgan fingerprint density at radius 1 is 1.17 bits per heavy atom. The first-order valence-electron chi connectivity index (χ1n) is 11.0. The van der Waals surface area contributed by atoms with Crippen LogP contribution in [0.3, 0.4) is 0 Å². The summed E-state index contributed by atoms with van der Waals surface area (Å²) in [6.07, 6.45) is 4.14. The normalized spacial score (nSPS) is 20.2. The van der Waals surface area contributed by atoms with Crippen LogP contribution in [0, 0.1) is 11.8 Å². The molecule has 1 N–H and O–H groups in total. The number of hydrogen-bond acceptors (Lipinski definition) is 4. The average Bonchev–Trinajstić information content (AvgIpc) is 3.27. The Bertz CT molecular complexity index is 663. The van der Waals surface area contributed by atoms with Crippen molar-refractivity contribution in [3.63, 3.8) is 0 Å². The lowest BCUT2D eigenvalue weighted by molar-refractivity contribution is 0.0656. The first kappa shape index (κ1) is 25.0. The number of hydrogen-bond donors (Lipinski definition) is 1. The molecular weight excluding hydrogens is 493 g/mol. The van der Waals surface area contributed by atoms with Gasteiger partial charge < -0.3 is 19.5 Å². The smallest absolute Gasteiger partial charge is 0.289 e. The van der Waals surface area contributed by atoms with Gasteiger partial charge in [0.1, 0.15) is 0 Å². The summed E-state index contributed by atoms with van der Waals surface area (Å²) in [5, 5.41) is 3.61. The number of nitrogens with one attached hydrogen (secondary N) is 1. The third kappa shape index (κ3) is 6.35. The van der Waals surface area contributed by atoms with E-state index in [0.29, 0.717) is 30.8 Å². The minimum atomic E-state index is -0.0307. The van der Waals surface area contributed by atoms with Gasteiger partial charge in [-0.3, -0.25) is 14.7 Å². The number of amides is 1. The van der Waals surface area contributed by atoms with Crippen molar-refractivity contribution >= 4 is 35.8 Å². The fourth-order valence-corrected chi connectivity index (χ4v) is 4.35. The standard InChI is InChI=1S/C22H37N5O2.HI/c1-17(2)19(25-9-7-18(3)8-10-25)16-24-22(23-4)27-13-11-26(12-14-27)21(28)20-6-5-15-29-20;/h5-6,15,17-19H,7-14,16H2,1-4H3,(H,23,24);1H. The van der Waals surface area contributed by atoms with Gasteiger partial charge in [0.25, 0.3) is 5.91 Å². The predicted molar refractivity (Wildman–Crippen MR) is 132 cm³/mol. The van der Waals surface area contributed by atoms with E-state index >= 15 is 0 Å². The molecule has 0 spiro atoms. The third-order valence-corrected chi connectivity index (χ3v) is 6.34. The number of piperidine rings is 1. The highest BCUT2D eigenvalue weighted by molar-refractivity contribution is 14.0. The van der Waals surface area contributed by atoms with Gasteiger partial charge in [0.05, 0.1) is 6.26 Å². The van der Waals surface area contributed by atoms with Crippen molar-refractivity contribution in [3.05, 3.63) is 24.2 Å². The monoisotopic (exact) mass is 531 g/mol. The van der Waals surface area contributed by atoms with E-state index in [1.165, 1.54) is 25.9 Å². The first-order valence-corrected chi connectivity index (χ1v) is 11.0. The molecule has 0 aromatic carbocycles. The van der Waals surface area contributed by atoms with E-state index in [-0.39, 0.29) is 29.9 Å². The second-order valence-electron chi connectivity index (χ2n) is 8.71. The van der Waals surface area contributed by atoms with Crippen molar-refractivity contribution in [1.82, 2.24) is 20.0 Å². The van der Waals surface area contributed by atoms with Gasteiger partial charge >= 0.3 is 0 Å². The maximum Gasteiger partial charge on any atom is 0.289 e. The fraction of sp³-hybridized carbons (Fsp3) is 0.727. The Labute approximate surface area is 198 Å². The van der Waals surface area contributed by atoms with Crippen molar-refractivity contribution < 1.29 is 9.21 Å². The topological polar surface area (TPSA) is 64.3 Å². The van der Waals surface area contributed by atoms with Gasteiger partial charge in [0.2, 0.25) is 0 Å². The van der Waals surface area contributed by atoms with E-state index in [4.69, 9.17) is 4.42 Å². The van der Waals surface area contributed by atoms with Crippen LogP contribution in [0.5, 0.6) is 0 Å². The van der Waals surface area contributed by atoms with Gasteiger partial charge in [-0.15, -0.1) is 24.0 Å². The zero-order valence-corrected chi connectivity index (χ0v) is 21.2. The quantitative estimate of drug-likeness (QED) is 0.360. The van der Waals surface area contributed by atoms with Gasteiger partial charge in [0.15, 0.2) is 11.7 Å². The van der Waals surface area contributed by atoms with Crippen molar-refractivity contribution in [2.45, 2.75) is 39.7 Å². The molecule has 1 aromatic heterocycles. The van der Waals surface area contributed by atoms with Gasteiger partial charge in [-0.1, -0.05) is 20.8 Å². The van der Waals surface area contributed by atoms with Crippen LogP contribution in [0.1, 0.15) is 44.2 Å². The second kappa shape index (κ2) is 11.9. The van der Waals surface area contributed by atoms with Crippen LogP contribution in [-0.4, -0.2) is 85.5 Å². The third-order valence-electron chi connectivity index (χ3n) is 6.34. The largest absolute Gasteiger partial charge is 0.459 e. The lowest BCUT2D eigenvalue weighted by atomic mass is 9.94. The molecule has 2 saturated heterocycles. The zero-order valence-electron chi connectivity index (χ0n) is 18.8. The molecule has 8 heteroatoms. The molecule has 30 heavy (non-hydrogen) atoms. The number of guanidine groups is 1. The molecule has 1 unspecified atom stereocenters. The second-order valence-corrected chi connectivity index (χ2v) is 8.71. The van der Waals surface area contributed by atoms with Crippen LogP contribution in [0.25, 0.3) is 0 Å². The fourth-order valence-electron chi connectivity index (χ4n) is 4.35. The zero-order chi connectivity index (χ0) is 20.8. The Hall–Kier alpha value is -1.29. The lowest BCUT2D eigenvalue weighted by Gasteiger charge is -2.40. The van der Waals surface area contributed by atoms with Crippen LogP contribution in [0.15, 0.2) is 27.8 Å². The summed E-state index contributed by atoms with van der Waals surface area (Å²) in [5.41, 5.74) is 0. The molecule has 1 aromatic rings. The van der Waals surface area contributed by atoms with Crippen LogP contribution in [0.4, 0.5) is 0 Å². The van der Waals surface area contributed by atoms with Crippen LogP contribution in [-0.2, 0) is 0 Å². The summed E-state index contributed by atoms with van der Waals surface area (Å²) in [6, 6.07) is 3.99. The molecule has 0 bridgehead atoms. The molecule has 3 heterocycles. The minimum absolute atomic E-state index is 0. The number of likely N-dealkylation sites (tertiary alicyclic amines) is 1. The van der Waals surface area contributed by atoms with Crippen LogP contribution >= 0.6 is 24.0 Å². The maximum atomic E-state index is 12.5. The summed E-state index contributed by atoms with van der Waals surface area (Å²) in [4.78, 5) is 23.7. The molecule has 2 aliphatic rings. The number of carbonyl (C=O) groups is 1. The van der Waals surface area contributed by atoms with E-state index in [2.05, 4.69) is 40.9 Å². The summed E-state index contributed by atoms with van der Waals surface area (Å²) in [7, 11) is 1.84. The Balaban J connectivity index is 0.00000320. The highest BCUT2D eigenvalue weighted by Crippen LogP contribution is 2.21. The number of carbonyl (C=O) groups excluding carboxylic acids is 1. The predicted octanol–water partition coefficient (Wildman–Crippen LogP) is 2.99. The van der Waals surface area contributed by atoms with Gasteiger partial charge in [-0.2, -0.15) is 0 Å². The highest BCUT2D eigenvalue weighted by Gasteiger charge is 2.28. The number of furan rings is 1. The summed E-state index contributed by atoms with van der Waals surface area (Å²) >= 11 is 0. The molecule has 7 nitrogen and oxygen atoms in total. The van der Waals surface area contributed by atoms with Crippen LogP contribution in [0.2, 0.25) is 0 Å². The van der Waals surface area contributed by atoms with Crippen LogP contribution < -0.4 is 5.32 Å². The summed E-state index contributed by atoms with van der Waals surface area (Å²) in [6.45, 7) is 13.2. The molecule has 2 aliphatic heterocycles. The Morgan fingerprint density at radius 2 is 1.80 bits per heavy atom. The van der Waals surface area contributed by atoms with E-state index in [1.54, 1.807) is 18.4 Å². The molecule has 1 atom stereocenters. The molecule has 0 radical (unpaired) electrons. The molecule has 3 rings (SSSR count). The van der Waals surface area contributed by atoms with Gasteiger partial charge in [0, 0.05) is 45.8 Å². The average molecular weight is 531 g/mol. The first-order chi connectivity index (χ1) is 14.0. The van der Waals surface area contributed by atoms with E-state index < -0.39 is 0 Å². The van der Waals surface area contributed by atoms with Crippen molar-refractivity contribution in [1.29, 1.82) is 0 Å². The SMILES string of the molecule is CN=C(NCC(C(C)C)N1CCC(C)CC1)N1CCN(C(=O)c2ccco2)CC1.I. The minimum Gasteiger partial charge on any atom is -0.459 e. The summed E-state index contributed by atoms with van der Waals surface area (Å²) < 4.78 is 5.25. The molecule has 2 fully saturated rings. The highest BCUT2D eigenvalue weighted by atomic mass is 127. The van der Waals surface area contributed by atoms with Crippen molar-refractivity contribution in [3.8, 4) is 0 Å². The maximum absolute atomic E-state index is 12.5. The molecule has 0 aliphatic carbocycles. The molecular formula is C22H38IN5O2. The number of nitrogens with zero attached hydrogens (tertiary/aromatic N) is 4. The van der Waals surface area contributed by atoms with Gasteiger partial charge in [-0.25, -0.2) is 0 Å². The number of halogens is 1. The van der Waals surface area contributed by atoms with E-state index in [9.17, 15) is 4.79 Å².